The Morgan fingerprint density at radius 2 is 2.00 bits per heavy atom. The van der Waals surface area contributed by atoms with Crippen LogP contribution in [0, 0.1) is 0 Å². The monoisotopic (exact) mass is 282 g/mol. The molecule has 0 radical (unpaired) electrons. The van der Waals surface area contributed by atoms with Gasteiger partial charge in [0.15, 0.2) is 5.78 Å². The molecule has 0 saturated carbocycles. The van der Waals surface area contributed by atoms with Gasteiger partial charge in [-0.25, -0.2) is 0 Å². The van der Waals surface area contributed by atoms with Crippen molar-refractivity contribution in [1.29, 1.82) is 0 Å². The highest BCUT2D eigenvalue weighted by Gasteiger charge is 2.04. The maximum atomic E-state index is 11.7. The number of rotatable bonds is 3. The summed E-state index contributed by atoms with van der Waals surface area (Å²) in [5.74, 6) is -0.0314. The second-order valence-corrected chi connectivity index (χ2v) is 5.05. The largest absolute Gasteiger partial charge is 0.288 e. The van der Waals surface area contributed by atoms with Crippen LogP contribution in [0.15, 0.2) is 41.8 Å². The Morgan fingerprint density at radius 1 is 1.18 bits per heavy atom. The molecule has 0 aliphatic heterocycles. The van der Waals surface area contributed by atoms with E-state index in [-0.39, 0.29) is 5.78 Å². The van der Waals surface area contributed by atoms with Crippen molar-refractivity contribution >= 4 is 46.4 Å². The lowest BCUT2D eigenvalue weighted by molar-refractivity contribution is 0.105. The predicted molar refractivity (Wildman–Crippen MR) is 74.1 cm³/mol. The third kappa shape index (κ3) is 2.97. The van der Waals surface area contributed by atoms with Crippen molar-refractivity contribution in [2.24, 2.45) is 0 Å². The molecule has 0 aliphatic rings. The molecule has 1 aromatic heterocycles. The van der Waals surface area contributed by atoms with Crippen molar-refractivity contribution < 1.29 is 4.79 Å². The smallest absolute Gasteiger partial charge is 0.195 e. The zero-order valence-corrected chi connectivity index (χ0v) is 11.0. The van der Waals surface area contributed by atoms with Gasteiger partial charge in [-0.3, -0.25) is 4.79 Å². The lowest BCUT2D eigenvalue weighted by Crippen LogP contribution is -1.88. The van der Waals surface area contributed by atoms with Crippen molar-refractivity contribution in [3.63, 3.8) is 0 Å². The molecule has 0 unspecified atom stereocenters. The molecule has 0 saturated heterocycles. The van der Waals surface area contributed by atoms with E-state index in [4.69, 9.17) is 23.2 Å². The molecule has 0 fully saturated rings. The van der Waals surface area contributed by atoms with Crippen molar-refractivity contribution in [3.8, 4) is 0 Å². The van der Waals surface area contributed by atoms with Gasteiger partial charge in [-0.1, -0.05) is 41.4 Å². The molecular formula is C13H8Cl2OS. The molecule has 4 heteroatoms. The minimum absolute atomic E-state index is 0.0314. The molecule has 2 rings (SSSR count). The highest BCUT2D eigenvalue weighted by Crippen LogP contribution is 2.26. The zero-order chi connectivity index (χ0) is 12.3. The third-order valence-electron chi connectivity index (χ3n) is 2.16. The first-order valence-corrected chi connectivity index (χ1v) is 6.52. The molecule has 1 heterocycles. The Kier molecular flexibility index (Phi) is 4.00. The van der Waals surface area contributed by atoms with Gasteiger partial charge in [0, 0.05) is 0 Å². The van der Waals surface area contributed by atoms with Crippen LogP contribution in [0.25, 0.3) is 6.08 Å². The Hall–Kier alpha value is -1.09. The van der Waals surface area contributed by atoms with Gasteiger partial charge in [0.1, 0.15) is 0 Å². The SMILES string of the molecule is O=C(/C=C/c1cccc(Cl)c1Cl)c1cccs1. The van der Waals surface area contributed by atoms with Crippen LogP contribution in [0.1, 0.15) is 15.2 Å². The topological polar surface area (TPSA) is 17.1 Å². The number of carbonyl (C=O) groups excluding carboxylic acids is 1. The molecule has 0 bridgehead atoms. The molecule has 0 spiro atoms. The quantitative estimate of drug-likeness (QED) is 0.575. The summed E-state index contributed by atoms with van der Waals surface area (Å²) >= 11 is 13.3. The van der Waals surface area contributed by atoms with Gasteiger partial charge in [0.2, 0.25) is 0 Å². The molecule has 0 atom stereocenters. The van der Waals surface area contributed by atoms with Crippen molar-refractivity contribution in [2.75, 3.05) is 0 Å². The van der Waals surface area contributed by atoms with E-state index in [9.17, 15) is 4.79 Å². The number of hydrogen-bond acceptors (Lipinski definition) is 2. The fourth-order valence-corrected chi connectivity index (χ4v) is 2.33. The lowest BCUT2D eigenvalue weighted by Gasteiger charge is -1.99. The molecule has 2 aromatic rings. The molecule has 0 amide bonds. The van der Waals surface area contributed by atoms with E-state index in [2.05, 4.69) is 0 Å². The fourth-order valence-electron chi connectivity index (χ4n) is 1.32. The van der Waals surface area contributed by atoms with E-state index >= 15 is 0 Å². The van der Waals surface area contributed by atoms with Crippen molar-refractivity contribution in [2.45, 2.75) is 0 Å². The van der Waals surface area contributed by atoms with Crippen LogP contribution in [0.2, 0.25) is 10.0 Å². The van der Waals surface area contributed by atoms with Gasteiger partial charge in [0.05, 0.1) is 14.9 Å². The zero-order valence-electron chi connectivity index (χ0n) is 8.69. The molecular weight excluding hydrogens is 275 g/mol. The predicted octanol–water partition coefficient (Wildman–Crippen LogP) is 4.95. The Balaban J connectivity index is 2.21. The number of carbonyl (C=O) groups is 1. The number of ketones is 1. The van der Waals surface area contributed by atoms with Crippen LogP contribution in [0.3, 0.4) is 0 Å². The summed E-state index contributed by atoms with van der Waals surface area (Å²) in [6.45, 7) is 0. The second kappa shape index (κ2) is 5.50. The van der Waals surface area contributed by atoms with Gasteiger partial charge >= 0.3 is 0 Å². The summed E-state index contributed by atoms with van der Waals surface area (Å²) in [6.07, 6.45) is 3.18. The van der Waals surface area contributed by atoms with Crippen LogP contribution < -0.4 is 0 Å². The van der Waals surface area contributed by atoms with Gasteiger partial charge in [-0.2, -0.15) is 0 Å². The summed E-state index contributed by atoms with van der Waals surface area (Å²) in [5.41, 5.74) is 0.740. The Bertz CT molecular complexity index is 559. The average Bonchev–Trinajstić information content (AvgIpc) is 2.84. The summed E-state index contributed by atoms with van der Waals surface area (Å²) in [5, 5.41) is 2.81. The second-order valence-electron chi connectivity index (χ2n) is 3.32. The first kappa shape index (κ1) is 12.4. The highest BCUT2D eigenvalue weighted by molar-refractivity contribution is 7.12. The third-order valence-corrected chi connectivity index (χ3v) is 3.88. The van der Waals surface area contributed by atoms with E-state index in [1.54, 1.807) is 24.3 Å². The van der Waals surface area contributed by atoms with E-state index in [1.807, 2.05) is 17.5 Å². The molecule has 1 nitrogen and oxygen atoms in total. The van der Waals surface area contributed by atoms with Crippen LogP contribution >= 0.6 is 34.5 Å². The number of allylic oxidation sites excluding steroid dienone is 1. The standard InChI is InChI=1S/C13H8Cl2OS/c14-10-4-1-3-9(13(10)15)6-7-11(16)12-5-2-8-17-12/h1-8H/b7-6+. The summed E-state index contributed by atoms with van der Waals surface area (Å²) in [4.78, 5) is 12.4. The van der Waals surface area contributed by atoms with Crippen LogP contribution in [0.4, 0.5) is 0 Å². The van der Waals surface area contributed by atoms with E-state index < -0.39 is 0 Å². The number of hydrogen-bond donors (Lipinski definition) is 0. The number of thiophene rings is 1. The molecule has 86 valence electrons. The Morgan fingerprint density at radius 3 is 2.71 bits per heavy atom. The first-order chi connectivity index (χ1) is 8.18. The average molecular weight is 283 g/mol. The first-order valence-electron chi connectivity index (χ1n) is 4.88. The molecule has 0 N–H and O–H groups in total. The maximum Gasteiger partial charge on any atom is 0.195 e. The molecule has 0 aliphatic carbocycles. The van der Waals surface area contributed by atoms with Gasteiger partial charge < -0.3 is 0 Å². The van der Waals surface area contributed by atoms with Crippen LogP contribution in [0.5, 0.6) is 0 Å². The van der Waals surface area contributed by atoms with E-state index in [0.717, 1.165) is 5.56 Å². The lowest BCUT2D eigenvalue weighted by atomic mass is 10.2. The van der Waals surface area contributed by atoms with E-state index in [0.29, 0.717) is 14.9 Å². The highest BCUT2D eigenvalue weighted by atomic mass is 35.5. The van der Waals surface area contributed by atoms with Gasteiger partial charge in [-0.05, 0) is 35.2 Å². The van der Waals surface area contributed by atoms with Gasteiger partial charge in [0.25, 0.3) is 0 Å². The van der Waals surface area contributed by atoms with Crippen LogP contribution in [-0.4, -0.2) is 5.78 Å². The fraction of sp³-hybridized carbons (Fsp3) is 0. The molecule has 1 aromatic carbocycles. The van der Waals surface area contributed by atoms with Gasteiger partial charge in [-0.15, -0.1) is 11.3 Å². The number of halogens is 2. The van der Waals surface area contributed by atoms with Crippen LogP contribution in [-0.2, 0) is 0 Å². The minimum Gasteiger partial charge on any atom is -0.288 e. The summed E-state index contributed by atoms with van der Waals surface area (Å²) in [7, 11) is 0. The normalized spacial score (nSPS) is 10.9. The Labute approximate surface area is 113 Å². The van der Waals surface area contributed by atoms with Crippen molar-refractivity contribution in [1.82, 2.24) is 0 Å². The van der Waals surface area contributed by atoms with E-state index in [1.165, 1.54) is 17.4 Å². The summed E-state index contributed by atoms with van der Waals surface area (Å²) in [6, 6.07) is 8.95. The summed E-state index contributed by atoms with van der Waals surface area (Å²) < 4.78 is 0. The maximum absolute atomic E-state index is 11.7. The number of benzene rings is 1. The molecule has 17 heavy (non-hydrogen) atoms. The minimum atomic E-state index is -0.0314. The van der Waals surface area contributed by atoms with Crippen molar-refractivity contribution in [3.05, 3.63) is 62.3 Å².